The maximum Gasteiger partial charge on any atom is 0.241 e. The highest BCUT2D eigenvalue weighted by molar-refractivity contribution is 7.89. The summed E-state index contributed by atoms with van der Waals surface area (Å²) < 4.78 is 39.2. The quantitative estimate of drug-likeness (QED) is 0.812. The van der Waals surface area contributed by atoms with Gasteiger partial charge in [-0.05, 0) is 19.1 Å². The van der Waals surface area contributed by atoms with Crippen LogP contribution in [0.2, 0.25) is 0 Å². The van der Waals surface area contributed by atoms with Gasteiger partial charge in [-0.1, -0.05) is 24.3 Å². The first-order valence-corrected chi connectivity index (χ1v) is 10.0. The van der Waals surface area contributed by atoms with E-state index in [1.54, 1.807) is 12.1 Å². The number of benzene rings is 2. The van der Waals surface area contributed by atoms with E-state index in [1.807, 2.05) is 31.2 Å². The molecule has 7 heteroatoms. The molecule has 1 aliphatic rings. The standard InChI is InChI=1S/C18H24N2O4S/c1-2-24-17-7-8-18(16-6-4-3-5-15(16)17)25(21,22)19-9-10-20-11-13-23-14-12-20/h3-8,19H,2,9-14H2,1H3. The zero-order chi connectivity index (χ0) is 17.7. The van der Waals surface area contributed by atoms with Crippen molar-refractivity contribution < 1.29 is 17.9 Å². The Labute approximate surface area is 148 Å². The average Bonchev–Trinajstić information content (AvgIpc) is 2.63. The van der Waals surface area contributed by atoms with Gasteiger partial charge in [0.1, 0.15) is 5.75 Å². The Morgan fingerprint density at radius 3 is 2.56 bits per heavy atom. The number of hydrogen-bond donors (Lipinski definition) is 1. The predicted octanol–water partition coefficient (Wildman–Crippen LogP) is 1.85. The summed E-state index contributed by atoms with van der Waals surface area (Å²) in [6.07, 6.45) is 0. The number of sulfonamides is 1. The number of ether oxygens (including phenoxy) is 2. The van der Waals surface area contributed by atoms with Crippen molar-refractivity contribution in [3.8, 4) is 5.75 Å². The topological polar surface area (TPSA) is 67.9 Å². The summed E-state index contributed by atoms with van der Waals surface area (Å²) in [5.74, 6) is 0.699. The van der Waals surface area contributed by atoms with Gasteiger partial charge in [-0.3, -0.25) is 4.90 Å². The highest BCUT2D eigenvalue weighted by atomic mass is 32.2. The lowest BCUT2D eigenvalue weighted by molar-refractivity contribution is 0.0390. The van der Waals surface area contributed by atoms with Crippen molar-refractivity contribution in [1.82, 2.24) is 9.62 Å². The summed E-state index contributed by atoms with van der Waals surface area (Å²) in [6, 6.07) is 10.8. The van der Waals surface area contributed by atoms with Crippen LogP contribution in [-0.4, -0.2) is 59.3 Å². The molecule has 6 nitrogen and oxygen atoms in total. The normalized spacial score (nSPS) is 16.2. The van der Waals surface area contributed by atoms with Gasteiger partial charge in [-0.25, -0.2) is 13.1 Å². The molecule has 2 aromatic rings. The van der Waals surface area contributed by atoms with E-state index in [1.165, 1.54) is 0 Å². The molecule has 1 fully saturated rings. The first-order valence-electron chi connectivity index (χ1n) is 8.56. The minimum atomic E-state index is -3.58. The average molecular weight is 364 g/mol. The molecule has 1 N–H and O–H groups in total. The third kappa shape index (κ3) is 4.30. The van der Waals surface area contributed by atoms with E-state index < -0.39 is 10.0 Å². The molecule has 25 heavy (non-hydrogen) atoms. The van der Waals surface area contributed by atoms with E-state index in [2.05, 4.69) is 9.62 Å². The summed E-state index contributed by atoms with van der Waals surface area (Å²) in [5, 5.41) is 1.48. The van der Waals surface area contributed by atoms with Crippen molar-refractivity contribution in [2.45, 2.75) is 11.8 Å². The van der Waals surface area contributed by atoms with Gasteiger partial charge in [0.05, 0.1) is 24.7 Å². The molecule has 136 valence electrons. The van der Waals surface area contributed by atoms with Crippen molar-refractivity contribution in [2.75, 3.05) is 46.0 Å². The SMILES string of the molecule is CCOc1ccc(S(=O)(=O)NCCN2CCOCC2)c2ccccc12. The summed E-state index contributed by atoms with van der Waals surface area (Å²) in [7, 11) is -3.58. The van der Waals surface area contributed by atoms with E-state index in [-0.39, 0.29) is 4.90 Å². The number of fused-ring (bicyclic) bond motifs is 1. The molecule has 2 aromatic carbocycles. The van der Waals surface area contributed by atoms with Gasteiger partial charge in [0.15, 0.2) is 0 Å². The monoisotopic (exact) mass is 364 g/mol. The van der Waals surface area contributed by atoms with Gasteiger partial charge in [-0.15, -0.1) is 0 Å². The van der Waals surface area contributed by atoms with Gasteiger partial charge in [-0.2, -0.15) is 0 Å². The van der Waals surface area contributed by atoms with Crippen LogP contribution in [0, 0.1) is 0 Å². The lowest BCUT2D eigenvalue weighted by Gasteiger charge is -2.26. The van der Waals surface area contributed by atoms with E-state index in [0.717, 1.165) is 18.5 Å². The molecule has 0 spiro atoms. The van der Waals surface area contributed by atoms with E-state index in [0.29, 0.717) is 44.0 Å². The second-order valence-corrected chi connectivity index (χ2v) is 7.63. The zero-order valence-electron chi connectivity index (χ0n) is 14.4. The molecule has 0 unspecified atom stereocenters. The zero-order valence-corrected chi connectivity index (χ0v) is 15.2. The van der Waals surface area contributed by atoms with Crippen LogP contribution in [0.3, 0.4) is 0 Å². The summed E-state index contributed by atoms with van der Waals surface area (Å²) in [6.45, 7) is 6.59. The van der Waals surface area contributed by atoms with Crippen molar-refractivity contribution in [1.29, 1.82) is 0 Å². The van der Waals surface area contributed by atoms with E-state index >= 15 is 0 Å². The molecule has 0 aliphatic carbocycles. The van der Waals surface area contributed by atoms with E-state index in [4.69, 9.17) is 9.47 Å². The van der Waals surface area contributed by atoms with Crippen LogP contribution >= 0.6 is 0 Å². The molecule has 1 aliphatic heterocycles. The van der Waals surface area contributed by atoms with Crippen LogP contribution in [0.15, 0.2) is 41.3 Å². The van der Waals surface area contributed by atoms with Gasteiger partial charge in [0.25, 0.3) is 0 Å². The van der Waals surface area contributed by atoms with Gasteiger partial charge >= 0.3 is 0 Å². The fourth-order valence-electron chi connectivity index (χ4n) is 3.00. The number of nitrogens with one attached hydrogen (secondary N) is 1. The Morgan fingerprint density at radius 2 is 1.84 bits per heavy atom. The van der Waals surface area contributed by atoms with Crippen molar-refractivity contribution in [2.24, 2.45) is 0 Å². The molecule has 0 bridgehead atoms. The predicted molar refractivity (Wildman–Crippen MR) is 97.6 cm³/mol. The van der Waals surface area contributed by atoms with Crippen LogP contribution in [0.5, 0.6) is 5.75 Å². The molecule has 1 saturated heterocycles. The van der Waals surface area contributed by atoms with Crippen molar-refractivity contribution in [3.05, 3.63) is 36.4 Å². The van der Waals surface area contributed by atoms with Crippen molar-refractivity contribution >= 4 is 20.8 Å². The fourth-order valence-corrected chi connectivity index (χ4v) is 4.23. The smallest absolute Gasteiger partial charge is 0.241 e. The van der Waals surface area contributed by atoms with Crippen LogP contribution in [0.1, 0.15) is 6.92 Å². The van der Waals surface area contributed by atoms with Crippen LogP contribution in [0.25, 0.3) is 10.8 Å². The molecule has 0 amide bonds. The number of hydrogen-bond acceptors (Lipinski definition) is 5. The highest BCUT2D eigenvalue weighted by Crippen LogP contribution is 2.30. The largest absolute Gasteiger partial charge is 0.493 e. The van der Waals surface area contributed by atoms with Crippen molar-refractivity contribution in [3.63, 3.8) is 0 Å². The number of nitrogens with zero attached hydrogens (tertiary/aromatic N) is 1. The first kappa shape index (κ1) is 18.1. The molecule has 0 atom stereocenters. The Balaban J connectivity index is 1.78. The Hall–Kier alpha value is -1.67. The minimum absolute atomic E-state index is 0.286. The van der Waals surface area contributed by atoms with Gasteiger partial charge in [0.2, 0.25) is 10.0 Å². The van der Waals surface area contributed by atoms with Gasteiger partial charge in [0, 0.05) is 37.0 Å². The maximum atomic E-state index is 12.8. The summed E-state index contributed by atoms with van der Waals surface area (Å²) in [5.41, 5.74) is 0. The van der Waals surface area contributed by atoms with Gasteiger partial charge < -0.3 is 9.47 Å². The second kappa shape index (κ2) is 8.14. The molecular formula is C18H24N2O4S. The van der Waals surface area contributed by atoms with Crippen LogP contribution in [0.4, 0.5) is 0 Å². The lowest BCUT2D eigenvalue weighted by Crippen LogP contribution is -2.41. The molecule has 3 rings (SSSR count). The third-order valence-electron chi connectivity index (χ3n) is 4.26. The number of morpholine rings is 1. The molecule has 0 radical (unpaired) electrons. The lowest BCUT2D eigenvalue weighted by atomic mass is 10.1. The minimum Gasteiger partial charge on any atom is -0.493 e. The molecule has 1 heterocycles. The molecule has 0 saturated carbocycles. The Morgan fingerprint density at radius 1 is 1.12 bits per heavy atom. The van der Waals surface area contributed by atoms with Crippen LogP contribution in [-0.2, 0) is 14.8 Å². The maximum absolute atomic E-state index is 12.8. The summed E-state index contributed by atoms with van der Waals surface area (Å²) in [4.78, 5) is 2.48. The third-order valence-corrected chi connectivity index (χ3v) is 5.78. The molecular weight excluding hydrogens is 340 g/mol. The highest BCUT2D eigenvalue weighted by Gasteiger charge is 2.19. The second-order valence-electron chi connectivity index (χ2n) is 5.89. The summed E-state index contributed by atoms with van der Waals surface area (Å²) >= 11 is 0. The molecule has 0 aromatic heterocycles. The first-order chi connectivity index (χ1) is 12.1. The van der Waals surface area contributed by atoms with Crippen LogP contribution < -0.4 is 9.46 Å². The Bertz CT molecular complexity index is 817. The number of rotatable bonds is 7. The Kier molecular flexibility index (Phi) is 5.90. The van der Waals surface area contributed by atoms with E-state index in [9.17, 15) is 8.42 Å². The fraction of sp³-hybridized carbons (Fsp3) is 0.444.